The van der Waals surface area contributed by atoms with Gasteiger partial charge in [0.1, 0.15) is 0 Å². The summed E-state index contributed by atoms with van der Waals surface area (Å²) < 4.78 is 12.9. The number of nitrogens with zero attached hydrogens (tertiary/aromatic N) is 1. The minimum atomic E-state index is 0.538. The molecular formula is C11H14FN. The van der Waals surface area contributed by atoms with Gasteiger partial charge in [-0.25, -0.2) is 0 Å². The molecule has 0 aromatic heterocycles. The lowest BCUT2D eigenvalue weighted by Crippen LogP contribution is -2.16. The predicted molar refractivity (Wildman–Crippen MR) is 51.3 cm³/mol. The Morgan fingerprint density at radius 3 is 2.62 bits per heavy atom. The van der Waals surface area contributed by atoms with Crippen LogP contribution >= 0.6 is 0 Å². The van der Waals surface area contributed by atoms with Crippen molar-refractivity contribution in [1.82, 2.24) is 5.12 Å². The fraction of sp³-hybridized carbons (Fsp3) is 0.455. The number of halogens is 1. The number of benzene rings is 1. The molecule has 0 saturated carbocycles. The topological polar surface area (TPSA) is 3.24 Å². The van der Waals surface area contributed by atoms with Crippen LogP contribution in [0.15, 0.2) is 18.2 Å². The first-order chi connectivity index (χ1) is 6.25. The first-order valence-electron chi connectivity index (χ1n) is 4.75. The summed E-state index contributed by atoms with van der Waals surface area (Å²) in [7, 11) is 0. The second kappa shape index (κ2) is 3.46. The zero-order valence-electron chi connectivity index (χ0n) is 7.89. The van der Waals surface area contributed by atoms with Crippen LogP contribution in [0, 0.1) is 6.92 Å². The third-order valence-electron chi connectivity index (χ3n) is 2.61. The standard InChI is InChI=1S/C11H14FN/c1-9-2-3-10-4-6-13(12)7-5-11(10)8-9/h2-3,8H,4-7H2,1H3. The smallest absolute Gasteiger partial charge is 0.0331 e. The molecular weight excluding hydrogens is 165 g/mol. The molecule has 2 heteroatoms. The Hall–Kier alpha value is -0.890. The van der Waals surface area contributed by atoms with Crippen molar-refractivity contribution in [3.05, 3.63) is 34.9 Å². The number of aryl methyl sites for hydroxylation is 1. The third kappa shape index (κ3) is 1.89. The summed E-state index contributed by atoms with van der Waals surface area (Å²) in [6.07, 6.45) is 1.68. The summed E-state index contributed by atoms with van der Waals surface area (Å²) in [5.41, 5.74) is 3.90. The van der Waals surface area contributed by atoms with Crippen LogP contribution in [0.1, 0.15) is 16.7 Å². The van der Waals surface area contributed by atoms with Crippen molar-refractivity contribution < 1.29 is 4.48 Å². The van der Waals surface area contributed by atoms with Gasteiger partial charge in [0.25, 0.3) is 0 Å². The lowest BCUT2D eigenvalue weighted by atomic mass is 10.0. The SMILES string of the molecule is Cc1ccc2c(c1)CCN(F)CC2. The van der Waals surface area contributed by atoms with Gasteiger partial charge in [0.2, 0.25) is 0 Å². The van der Waals surface area contributed by atoms with Gasteiger partial charge in [0.05, 0.1) is 0 Å². The molecule has 2 rings (SSSR count). The lowest BCUT2D eigenvalue weighted by molar-refractivity contribution is 0.0311. The van der Waals surface area contributed by atoms with E-state index in [1.54, 1.807) is 0 Å². The van der Waals surface area contributed by atoms with E-state index in [1.165, 1.54) is 16.7 Å². The van der Waals surface area contributed by atoms with Crippen molar-refractivity contribution in [2.45, 2.75) is 19.8 Å². The molecule has 0 N–H and O–H groups in total. The molecule has 0 atom stereocenters. The Bertz CT molecular complexity index is 309. The van der Waals surface area contributed by atoms with Gasteiger partial charge in [-0.1, -0.05) is 23.8 Å². The summed E-state index contributed by atoms with van der Waals surface area (Å²) in [4.78, 5) is 0. The summed E-state index contributed by atoms with van der Waals surface area (Å²) >= 11 is 0. The van der Waals surface area contributed by atoms with Crippen LogP contribution in [0.2, 0.25) is 0 Å². The Kier molecular flexibility index (Phi) is 2.32. The maximum absolute atomic E-state index is 12.9. The highest BCUT2D eigenvalue weighted by atomic mass is 19.2. The minimum absolute atomic E-state index is 0.538. The maximum atomic E-state index is 12.9. The van der Waals surface area contributed by atoms with Crippen LogP contribution in [-0.4, -0.2) is 18.2 Å². The second-order valence-electron chi connectivity index (χ2n) is 3.68. The van der Waals surface area contributed by atoms with Crippen LogP contribution in [-0.2, 0) is 12.8 Å². The quantitative estimate of drug-likeness (QED) is 0.552. The summed E-state index contributed by atoms with van der Waals surface area (Å²) in [5, 5.41) is 0.912. The fourth-order valence-corrected chi connectivity index (χ4v) is 1.83. The van der Waals surface area contributed by atoms with E-state index in [9.17, 15) is 4.48 Å². The highest BCUT2D eigenvalue weighted by Crippen LogP contribution is 2.17. The fourth-order valence-electron chi connectivity index (χ4n) is 1.83. The highest BCUT2D eigenvalue weighted by Gasteiger charge is 2.12. The van der Waals surface area contributed by atoms with Crippen molar-refractivity contribution in [3.63, 3.8) is 0 Å². The summed E-state index contributed by atoms with van der Waals surface area (Å²) in [6, 6.07) is 6.41. The molecule has 0 unspecified atom stereocenters. The molecule has 0 amide bonds. The number of rotatable bonds is 0. The molecule has 0 radical (unpaired) electrons. The normalized spacial score (nSPS) is 18.0. The van der Waals surface area contributed by atoms with Crippen LogP contribution in [0.3, 0.4) is 0 Å². The summed E-state index contributed by atoms with van der Waals surface area (Å²) in [5.74, 6) is 0. The molecule has 0 saturated heterocycles. The van der Waals surface area contributed by atoms with Gasteiger partial charge in [-0.05, 0) is 30.9 Å². The molecule has 0 aliphatic carbocycles. The predicted octanol–water partition coefficient (Wildman–Crippen LogP) is 2.28. The van der Waals surface area contributed by atoms with Crippen molar-refractivity contribution in [3.8, 4) is 0 Å². The van der Waals surface area contributed by atoms with Gasteiger partial charge < -0.3 is 0 Å². The average Bonchev–Trinajstić information content (AvgIpc) is 2.29. The van der Waals surface area contributed by atoms with Crippen LogP contribution < -0.4 is 0 Å². The van der Waals surface area contributed by atoms with Gasteiger partial charge >= 0.3 is 0 Å². The van der Waals surface area contributed by atoms with Crippen molar-refractivity contribution in [1.29, 1.82) is 0 Å². The molecule has 0 spiro atoms. The van der Waals surface area contributed by atoms with E-state index in [0.29, 0.717) is 13.1 Å². The largest absolute Gasteiger partial charge is 0.146 e. The first-order valence-corrected chi connectivity index (χ1v) is 4.75. The van der Waals surface area contributed by atoms with Gasteiger partial charge in [0, 0.05) is 13.1 Å². The lowest BCUT2D eigenvalue weighted by Gasteiger charge is -2.04. The molecule has 0 fully saturated rings. The molecule has 1 aromatic rings. The van der Waals surface area contributed by atoms with Crippen molar-refractivity contribution in [2.24, 2.45) is 0 Å². The second-order valence-corrected chi connectivity index (χ2v) is 3.68. The van der Waals surface area contributed by atoms with E-state index in [1.807, 2.05) is 0 Å². The Morgan fingerprint density at radius 1 is 1.15 bits per heavy atom. The van der Waals surface area contributed by atoms with E-state index < -0.39 is 0 Å². The molecule has 1 aromatic carbocycles. The first kappa shape index (κ1) is 8.70. The average molecular weight is 179 g/mol. The number of hydrogen-bond acceptors (Lipinski definition) is 1. The van der Waals surface area contributed by atoms with E-state index in [0.717, 1.165) is 18.0 Å². The molecule has 13 heavy (non-hydrogen) atoms. The zero-order chi connectivity index (χ0) is 9.26. The van der Waals surface area contributed by atoms with Gasteiger partial charge in [-0.3, -0.25) is 0 Å². The van der Waals surface area contributed by atoms with E-state index in [-0.39, 0.29) is 0 Å². The van der Waals surface area contributed by atoms with E-state index in [4.69, 9.17) is 0 Å². The number of fused-ring (bicyclic) bond motifs is 1. The summed E-state index contributed by atoms with van der Waals surface area (Å²) in [6.45, 7) is 3.16. The van der Waals surface area contributed by atoms with Crippen LogP contribution in [0.5, 0.6) is 0 Å². The van der Waals surface area contributed by atoms with Crippen molar-refractivity contribution >= 4 is 0 Å². The van der Waals surface area contributed by atoms with Gasteiger partial charge in [-0.15, -0.1) is 9.60 Å². The monoisotopic (exact) mass is 179 g/mol. The van der Waals surface area contributed by atoms with Crippen LogP contribution in [0.25, 0.3) is 0 Å². The van der Waals surface area contributed by atoms with E-state index >= 15 is 0 Å². The Balaban J connectivity index is 2.30. The molecule has 70 valence electrons. The van der Waals surface area contributed by atoms with Crippen molar-refractivity contribution in [2.75, 3.05) is 13.1 Å². The molecule has 0 bridgehead atoms. The molecule has 1 aliphatic heterocycles. The Labute approximate surface area is 78.1 Å². The van der Waals surface area contributed by atoms with E-state index in [2.05, 4.69) is 25.1 Å². The Morgan fingerprint density at radius 2 is 1.85 bits per heavy atom. The maximum Gasteiger partial charge on any atom is 0.0331 e. The zero-order valence-corrected chi connectivity index (χ0v) is 7.89. The van der Waals surface area contributed by atoms with Gasteiger partial charge in [-0.2, -0.15) is 0 Å². The number of hydrogen-bond donors (Lipinski definition) is 0. The molecule has 1 heterocycles. The molecule has 1 nitrogen and oxygen atoms in total. The third-order valence-corrected chi connectivity index (χ3v) is 2.61. The van der Waals surface area contributed by atoms with Crippen LogP contribution in [0.4, 0.5) is 4.48 Å². The molecule has 1 aliphatic rings. The van der Waals surface area contributed by atoms with Gasteiger partial charge in [0.15, 0.2) is 0 Å². The minimum Gasteiger partial charge on any atom is -0.146 e. The highest BCUT2D eigenvalue weighted by molar-refractivity contribution is 5.32.